The molecule has 0 aliphatic rings. The molecule has 1 unspecified atom stereocenters. The monoisotopic (exact) mass is 293 g/mol. The van der Waals surface area contributed by atoms with Crippen LogP contribution in [0, 0.1) is 11.6 Å². The summed E-state index contributed by atoms with van der Waals surface area (Å²) in [6, 6.07) is 12.4. The van der Waals surface area contributed by atoms with Gasteiger partial charge < -0.3 is 5.32 Å². The van der Waals surface area contributed by atoms with Gasteiger partial charge in [-0.25, -0.2) is 8.78 Å². The fourth-order valence-electron chi connectivity index (χ4n) is 1.63. The van der Waals surface area contributed by atoms with Crippen molar-refractivity contribution in [3.63, 3.8) is 0 Å². The van der Waals surface area contributed by atoms with E-state index in [4.69, 9.17) is 0 Å². The molecule has 5 heteroatoms. The third kappa shape index (κ3) is 4.06. The lowest BCUT2D eigenvalue weighted by molar-refractivity contribution is -0.115. The third-order valence-electron chi connectivity index (χ3n) is 2.56. The van der Waals surface area contributed by atoms with E-state index in [1.165, 1.54) is 11.8 Å². The Bertz CT molecular complexity index is 584. The highest BCUT2D eigenvalue weighted by atomic mass is 32.2. The normalized spacial score (nSPS) is 11.9. The summed E-state index contributed by atoms with van der Waals surface area (Å²) in [5.41, 5.74) is 0.119. The Morgan fingerprint density at radius 2 is 1.70 bits per heavy atom. The van der Waals surface area contributed by atoms with E-state index in [0.717, 1.165) is 23.1 Å². The van der Waals surface area contributed by atoms with Gasteiger partial charge in [-0.05, 0) is 31.2 Å². The number of carbonyl (C=O) groups is 1. The highest BCUT2D eigenvalue weighted by molar-refractivity contribution is 8.00. The summed E-state index contributed by atoms with van der Waals surface area (Å²) < 4.78 is 26.1. The van der Waals surface area contributed by atoms with Gasteiger partial charge >= 0.3 is 0 Å². The van der Waals surface area contributed by atoms with Crippen LogP contribution in [0.5, 0.6) is 0 Å². The second kappa shape index (κ2) is 6.52. The van der Waals surface area contributed by atoms with E-state index in [1.54, 1.807) is 6.92 Å². The predicted molar refractivity (Wildman–Crippen MR) is 76.7 cm³/mol. The maximum absolute atomic E-state index is 13.0. The SMILES string of the molecule is CC(Sc1ccccc1)C(=O)Nc1cc(F)cc(F)c1. The molecule has 0 aliphatic carbocycles. The highest BCUT2D eigenvalue weighted by Gasteiger charge is 2.15. The molecule has 104 valence electrons. The minimum Gasteiger partial charge on any atom is -0.325 e. The fourth-order valence-corrected chi connectivity index (χ4v) is 2.52. The molecule has 2 nitrogen and oxygen atoms in total. The van der Waals surface area contributed by atoms with Crippen LogP contribution in [-0.4, -0.2) is 11.2 Å². The van der Waals surface area contributed by atoms with Gasteiger partial charge in [-0.2, -0.15) is 0 Å². The zero-order valence-electron chi connectivity index (χ0n) is 10.8. The molecule has 1 atom stereocenters. The number of benzene rings is 2. The Balaban J connectivity index is 2.00. The molecule has 0 fully saturated rings. The summed E-state index contributed by atoms with van der Waals surface area (Å²) in [5.74, 6) is -1.74. The van der Waals surface area contributed by atoms with E-state index in [1.807, 2.05) is 30.3 Å². The van der Waals surface area contributed by atoms with Crippen molar-refractivity contribution in [2.75, 3.05) is 5.32 Å². The van der Waals surface area contributed by atoms with Crippen molar-refractivity contribution in [3.05, 3.63) is 60.2 Å². The number of nitrogens with one attached hydrogen (secondary N) is 1. The van der Waals surface area contributed by atoms with Gasteiger partial charge in [0.15, 0.2) is 0 Å². The molecule has 0 bridgehead atoms. The third-order valence-corrected chi connectivity index (χ3v) is 3.67. The Labute approximate surface area is 120 Å². The minimum atomic E-state index is -0.719. The molecule has 2 rings (SSSR count). The average Bonchev–Trinajstić information content (AvgIpc) is 2.38. The quantitative estimate of drug-likeness (QED) is 0.860. The lowest BCUT2D eigenvalue weighted by Crippen LogP contribution is -2.22. The molecule has 1 amide bonds. The van der Waals surface area contributed by atoms with E-state index in [-0.39, 0.29) is 16.8 Å². The Kier molecular flexibility index (Phi) is 4.74. The van der Waals surface area contributed by atoms with Gasteiger partial charge in [-0.3, -0.25) is 4.79 Å². The first-order valence-electron chi connectivity index (χ1n) is 6.03. The molecule has 0 spiro atoms. The molecule has 0 radical (unpaired) electrons. The molecule has 0 saturated heterocycles. The molecule has 1 N–H and O–H groups in total. The smallest absolute Gasteiger partial charge is 0.237 e. The van der Waals surface area contributed by atoms with Gasteiger partial charge in [0.2, 0.25) is 5.91 Å². The number of amides is 1. The van der Waals surface area contributed by atoms with Crippen LogP contribution in [0.25, 0.3) is 0 Å². The van der Waals surface area contributed by atoms with Crippen LogP contribution < -0.4 is 5.32 Å². The number of anilines is 1. The molecule has 0 heterocycles. The Hall–Kier alpha value is -1.88. The van der Waals surface area contributed by atoms with Crippen LogP contribution in [0.3, 0.4) is 0 Å². The van der Waals surface area contributed by atoms with Crippen molar-refractivity contribution in [2.45, 2.75) is 17.1 Å². The topological polar surface area (TPSA) is 29.1 Å². The van der Waals surface area contributed by atoms with Crippen molar-refractivity contribution in [3.8, 4) is 0 Å². The highest BCUT2D eigenvalue weighted by Crippen LogP contribution is 2.24. The minimum absolute atomic E-state index is 0.119. The van der Waals surface area contributed by atoms with Crippen LogP contribution in [0.4, 0.5) is 14.5 Å². The van der Waals surface area contributed by atoms with Gasteiger partial charge in [0.05, 0.1) is 5.25 Å². The number of rotatable bonds is 4. The van der Waals surface area contributed by atoms with Crippen molar-refractivity contribution in [1.82, 2.24) is 0 Å². The molecule has 0 saturated carbocycles. The van der Waals surface area contributed by atoms with Crippen molar-refractivity contribution in [2.24, 2.45) is 0 Å². The van der Waals surface area contributed by atoms with Crippen LogP contribution in [0.15, 0.2) is 53.4 Å². The van der Waals surface area contributed by atoms with Crippen LogP contribution in [-0.2, 0) is 4.79 Å². The van der Waals surface area contributed by atoms with Gasteiger partial charge in [0, 0.05) is 16.6 Å². The Morgan fingerprint density at radius 1 is 1.10 bits per heavy atom. The van der Waals surface area contributed by atoms with Gasteiger partial charge in [-0.15, -0.1) is 11.8 Å². The summed E-state index contributed by atoms with van der Waals surface area (Å²) in [7, 11) is 0. The molecule has 0 aromatic heterocycles. The van der Waals surface area contributed by atoms with E-state index >= 15 is 0 Å². The van der Waals surface area contributed by atoms with Crippen LogP contribution in [0.2, 0.25) is 0 Å². The number of halogens is 2. The van der Waals surface area contributed by atoms with Crippen molar-refractivity contribution in [1.29, 1.82) is 0 Å². The standard InChI is InChI=1S/C15H13F2NOS/c1-10(20-14-5-3-2-4-6-14)15(19)18-13-8-11(16)7-12(17)9-13/h2-10H,1H3,(H,18,19). The van der Waals surface area contributed by atoms with Gasteiger partial charge in [-0.1, -0.05) is 18.2 Å². The van der Waals surface area contributed by atoms with E-state index in [9.17, 15) is 13.6 Å². The zero-order chi connectivity index (χ0) is 14.5. The Morgan fingerprint density at radius 3 is 2.30 bits per heavy atom. The second-order valence-electron chi connectivity index (χ2n) is 4.22. The van der Waals surface area contributed by atoms with Crippen molar-refractivity contribution < 1.29 is 13.6 Å². The number of hydrogen-bond donors (Lipinski definition) is 1. The molecule has 0 aliphatic heterocycles. The summed E-state index contributed by atoms with van der Waals surface area (Å²) in [5, 5.41) is 2.13. The lowest BCUT2D eigenvalue weighted by Gasteiger charge is -2.12. The molecular weight excluding hydrogens is 280 g/mol. The predicted octanol–water partition coefficient (Wildman–Crippen LogP) is 4.08. The first kappa shape index (κ1) is 14.5. The molecule has 20 heavy (non-hydrogen) atoms. The maximum atomic E-state index is 13.0. The number of carbonyl (C=O) groups excluding carboxylic acids is 1. The van der Waals surface area contributed by atoms with E-state index in [2.05, 4.69) is 5.32 Å². The molecular formula is C15H13F2NOS. The number of hydrogen-bond acceptors (Lipinski definition) is 2. The van der Waals surface area contributed by atoms with E-state index < -0.39 is 11.6 Å². The van der Waals surface area contributed by atoms with Gasteiger partial charge in [0.1, 0.15) is 11.6 Å². The largest absolute Gasteiger partial charge is 0.325 e. The zero-order valence-corrected chi connectivity index (χ0v) is 11.6. The van der Waals surface area contributed by atoms with Crippen LogP contribution in [0.1, 0.15) is 6.92 Å². The maximum Gasteiger partial charge on any atom is 0.237 e. The van der Waals surface area contributed by atoms with Gasteiger partial charge in [0.25, 0.3) is 0 Å². The number of thioether (sulfide) groups is 1. The summed E-state index contributed by atoms with van der Waals surface area (Å²) in [6.07, 6.45) is 0. The van der Waals surface area contributed by atoms with Crippen molar-refractivity contribution >= 4 is 23.4 Å². The second-order valence-corrected chi connectivity index (χ2v) is 5.63. The van der Waals surface area contributed by atoms with E-state index in [0.29, 0.717) is 0 Å². The lowest BCUT2D eigenvalue weighted by atomic mass is 10.3. The molecule has 2 aromatic carbocycles. The molecule has 2 aromatic rings. The first-order chi connectivity index (χ1) is 9.54. The summed E-state index contributed by atoms with van der Waals surface area (Å²) in [4.78, 5) is 12.9. The fraction of sp³-hybridized carbons (Fsp3) is 0.133. The summed E-state index contributed by atoms with van der Waals surface area (Å²) in [6.45, 7) is 1.74. The average molecular weight is 293 g/mol. The van der Waals surface area contributed by atoms with Crippen LogP contribution >= 0.6 is 11.8 Å². The first-order valence-corrected chi connectivity index (χ1v) is 6.91. The summed E-state index contributed by atoms with van der Waals surface area (Å²) >= 11 is 1.38.